The monoisotopic (exact) mass is 782 g/mol. The molecule has 2 bridgehead atoms. The SMILES string of the molecule is CC(C)C[C@@H]1NC(=O)CN(C(=O)C2Cc3ccccc3C2)CCN(C)C(=O)[C@H](C)NC(=O)CN(C)C(=O)[C@@H](Cc2c[nH]c3ccccc23)NC(=O)c2csc1n2. The number of likely N-dealkylation sites (N-methyl/N-ethyl adjacent to an activating group) is 2. The highest BCUT2D eigenvalue weighted by Gasteiger charge is 2.34. The van der Waals surface area contributed by atoms with Crippen molar-refractivity contribution >= 4 is 57.7 Å². The smallest absolute Gasteiger partial charge is 0.271 e. The Morgan fingerprint density at radius 2 is 1.52 bits per heavy atom. The largest absolute Gasteiger partial charge is 0.361 e. The number of nitrogens with zero attached hydrogens (tertiary/aromatic N) is 4. The van der Waals surface area contributed by atoms with E-state index in [0.717, 1.165) is 27.6 Å². The molecule has 0 radical (unpaired) electrons. The van der Waals surface area contributed by atoms with Crippen LogP contribution in [0, 0.1) is 11.8 Å². The summed E-state index contributed by atoms with van der Waals surface area (Å²) < 4.78 is 0. The summed E-state index contributed by atoms with van der Waals surface area (Å²) in [7, 11) is 3.06. The Labute approximate surface area is 330 Å². The van der Waals surface area contributed by atoms with Gasteiger partial charge in [0.05, 0.1) is 19.1 Å². The molecule has 0 saturated heterocycles. The third-order valence-electron chi connectivity index (χ3n) is 10.4. The van der Waals surface area contributed by atoms with Gasteiger partial charge in [0.25, 0.3) is 5.91 Å². The molecule has 6 amide bonds. The Kier molecular flexibility index (Phi) is 12.5. The van der Waals surface area contributed by atoms with Crippen molar-refractivity contribution in [3.8, 4) is 0 Å². The minimum Gasteiger partial charge on any atom is -0.361 e. The van der Waals surface area contributed by atoms with Crippen molar-refractivity contribution in [3.63, 3.8) is 0 Å². The van der Waals surface area contributed by atoms with E-state index in [1.54, 1.807) is 25.5 Å². The zero-order chi connectivity index (χ0) is 40.1. The standard InChI is InChI=1S/C41H50N8O6S/c1-24(2)16-32-38-46-34(23-56-38)37(52)45-33(19-29-20-42-31-13-9-8-12-30(29)31)41(55)48(5)21-35(50)43-25(3)39(53)47(4)14-15-49(22-36(51)44-32)40(54)28-17-26-10-6-7-11-27(26)18-28/h6-13,20,23-25,28,32-33,42H,14-19,21-22H2,1-5H3,(H,43,50)(H,44,51)(H,45,52)/t25-,32-,33+/m0/s1. The van der Waals surface area contributed by atoms with Crippen molar-refractivity contribution in [2.24, 2.45) is 11.8 Å². The Morgan fingerprint density at radius 1 is 0.839 bits per heavy atom. The molecule has 1 aliphatic carbocycles. The van der Waals surface area contributed by atoms with Crippen molar-refractivity contribution in [2.45, 2.75) is 64.6 Å². The fourth-order valence-corrected chi connectivity index (χ4v) is 8.35. The topological polar surface area (TPSA) is 177 Å². The van der Waals surface area contributed by atoms with Crippen molar-refractivity contribution in [1.82, 2.24) is 40.6 Å². The molecular formula is C41H50N8O6S. The van der Waals surface area contributed by atoms with E-state index in [4.69, 9.17) is 0 Å². The van der Waals surface area contributed by atoms with Crippen LogP contribution in [0.5, 0.6) is 0 Å². The summed E-state index contributed by atoms with van der Waals surface area (Å²) in [6, 6.07) is 13.0. The lowest BCUT2D eigenvalue weighted by atomic mass is 10.0. The molecule has 0 fully saturated rings. The maximum atomic E-state index is 14.1. The molecule has 2 aromatic carbocycles. The number of hydrogen-bond donors (Lipinski definition) is 4. The van der Waals surface area contributed by atoms with Crippen LogP contribution in [0.4, 0.5) is 0 Å². The number of benzene rings is 2. The number of fused-ring (bicyclic) bond motifs is 4. The molecular weight excluding hydrogens is 733 g/mol. The molecule has 0 spiro atoms. The van der Waals surface area contributed by atoms with Gasteiger partial charge in [-0.2, -0.15) is 0 Å². The highest BCUT2D eigenvalue weighted by atomic mass is 32.1. The molecule has 6 rings (SSSR count). The van der Waals surface area contributed by atoms with Crippen LogP contribution in [-0.2, 0) is 43.2 Å². The van der Waals surface area contributed by atoms with Gasteiger partial charge in [-0.3, -0.25) is 28.8 Å². The summed E-state index contributed by atoms with van der Waals surface area (Å²) in [6.45, 7) is 5.20. The van der Waals surface area contributed by atoms with Gasteiger partial charge in [-0.1, -0.05) is 56.3 Å². The molecule has 56 heavy (non-hydrogen) atoms. The van der Waals surface area contributed by atoms with E-state index in [-0.39, 0.29) is 56.0 Å². The van der Waals surface area contributed by atoms with Gasteiger partial charge in [0.15, 0.2) is 0 Å². The fourth-order valence-electron chi connectivity index (χ4n) is 7.49. The number of amides is 6. The summed E-state index contributed by atoms with van der Waals surface area (Å²) in [6.07, 6.45) is 3.57. The molecule has 14 nitrogen and oxygen atoms in total. The average molecular weight is 783 g/mol. The molecule has 2 aliphatic rings. The summed E-state index contributed by atoms with van der Waals surface area (Å²) in [5.41, 5.74) is 3.97. The van der Waals surface area contributed by atoms with Crippen LogP contribution in [0.3, 0.4) is 0 Å². The zero-order valence-electron chi connectivity index (χ0n) is 32.5. The second-order valence-electron chi connectivity index (χ2n) is 15.3. The van der Waals surface area contributed by atoms with E-state index in [1.165, 1.54) is 33.1 Å². The molecule has 0 saturated carbocycles. The lowest BCUT2D eigenvalue weighted by Gasteiger charge is -2.29. The molecule has 4 N–H and O–H groups in total. The molecule has 4 aromatic rings. The number of H-pyrrole nitrogens is 1. The van der Waals surface area contributed by atoms with E-state index in [9.17, 15) is 28.8 Å². The average Bonchev–Trinajstić information content (AvgIpc) is 3.93. The van der Waals surface area contributed by atoms with E-state index in [2.05, 4.69) is 25.9 Å². The molecule has 0 unspecified atom stereocenters. The number of carbonyl (C=O) groups excluding carboxylic acids is 6. The summed E-state index contributed by atoms with van der Waals surface area (Å²) in [4.78, 5) is 94.4. The van der Waals surface area contributed by atoms with E-state index >= 15 is 0 Å². The van der Waals surface area contributed by atoms with Crippen LogP contribution in [0.15, 0.2) is 60.1 Å². The second-order valence-corrected chi connectivity index (χ2v) is 16.2. The molecule has 3 heterocycles. The Hall–Kier alpha value is -5.57. The maximum Gasteiger partial charge on any atom is 0.271 e. The number of hydrogen-bond acceptors (Lipinski definition) is 8. The van der Waals surface area contributed by atoms with Crippen molar-refractivity contribution in [3.05, 3.63) is 87.5 Å². The molecule has 2 aromatic heterocycles. The summed E-state index contributed by atoms with van der Waals surface area (Å²) in [5.74, 6) is -2.82. The molecule has 3 atom stereocenters. The van der Waals surface area contributed by atoms with Crippen LogP contribution in [0.1, 0.15) is 65.4 Å². The van der Waals surface area contributed by atoms with Gasteiger partial charge >= 0.3 is 0 Å². The predicted molar refractivity (Wildman–Crippen MR) is 213 cm³/mol. The van der Waals surface area contributed by atoms with Gasteiger partial charge in [-0.05, 0) is 54.9 Å². The highest BCUT2D eigenvalue weighted by molar-refractivity contribution is 7.09. The lowest BCUT2D eigenvalue weighted by molar-refractivity contribution is -0.141. The Morgan fingerprint density at radius 3 is 2.23 bits per heavy atom. The van der Waals surface area contributed by atoms with E-state index in [0.29, 0.717) is 24.3 Å². The first-order valence-corrected chi connectivity index (χ1v) is 19.9. The normalized spacial score (nSPS) is 21.1. The van der Waals surface area contributed by atoms with Crippen molar-refractivity contribution in [1.29, 1.82) is 0 Å². The first-order valence-electron chi connectivity index (χ1n) is 19.0. The quantitative estimate of drug-likeness (QED) is 0.241. The Bertz CT molecular complexity index is 2090. The van der Waals surface area contributed by atoms with E-state index < -0.39 is 47.7 Å². The van der Waals surface area contributed by atoms with Crippen LogP contribution in [-0.4, -0.2) is 112 Å². The number of carbonyl (C=O) groups is 6. The van der Waals surface area contributed by atoms with Gasteiger partial charge in [0.2, 0.25) is 29.5 Å². The first-order chi connectivity index (χ1) is 26.8. The molecule has 1 aliphatic heterocycles. The lowest BCUT2D eigenvalue weighted by Crippen LogP contribution is -2.53. The summed E-state index contributed by atoms with van der Waals surface area (Å²) in [5, 5.41) is 11.6. The fraction of sp³-hybridized carbons (Fsp3) is 0.439. The van der Waals surface area contributed by atoms with Crippen LogP contribution in [0.25, 0.3) is 10.9 Å². The van der Waals surface area contributed by atoms with Gasteiger partial charge in [-0.15, -0.1) is 11.3 Å². The minimum atomic E-state index is -1.06. The molecule has 296 valence electrons. The zero-order valence-corrected chi connectivity index (χ0v) is 33.3. The van der Waals surface area contributed by atoms with Crippen molar-refractivity contribution < 1.29 is 28.8 Å². The predicted octanol–water partition coefficient (Wildman–Crippen LogP) is 2.85. The minimum absolute atomic E-state index is 0.0870. The number of thiazole rings is 1. The number of aromatic nitrogens is 2. The van der Waals surface area contributed by atoms with Crippen LogP contribution in [0.2, 0.25) is 0 Å². The van der Waals surface area contributed by atoms with Crippen LogP contribution >= 0.6 is 11.3 Å². The maximum absolute atomic E-state index is 14.1. The second kappa shape index (κ2) is 17.5. The van der Waals surface area contributed by atoms with Crippen molar-refractivity contribution in [2.75, 3.05) is 40.3 Å². The first kappa shape index (κ1) is 40.1. The molecule has 15 heteroatoms. The number of nitrogens with one attached hydrogen (secondary N) is 4. The van der Waals surface area contributed by atoms with Crippen LogP contribution < -0.4 is 16.0 Å². The Balaban J connectivity index is 1.29. The third kappa shape index (κ3) is 9.44. The van der Waals surface area contributed by atoms with Gasteiger partial charge in [0, 0.05) is 62.0 Å². The third-order valence-corrected chi connectivity index (χ3v) is 11.4. The van der Waals surface area contributed by atoms with Gasteiger partial charge in [-0.25, -0.2) is 4.98 Å². The summed E-state index contributed by atoms with van der Waals surface area (Å²) >= 11 is 1.23. The van der Waals surface area contributed by atoms with E-state index in [1.807, 2.05) is 62.4 Å². The van der Waals surface area contributed by atoms with Gasteiger partial charge in [0.1, 0.15) is 22.8 Å². The highest BCUT2D eigenvalue weighted by Crippen LogP contribution is 2.29. The number of aromatic amines is 1. The number of rotatable bonds is 5. The number of para-hydroxylation sites is 1. The van der Waals surface area contributed by atoms with Gasteiger partial charge < -0.3 is 35.6 Å².